The first-order valence-corrected chi connectivity index (χ1v) is 11.9. The molecule has 0 unspecified atom stereocenters. The standard InChI is InChI=1S/C24H18N2O7S/c1-34(31,32)21-12-11-16(13-20(21)26(29)30)24(28)33-23(15-7-3-2-4-8-15)22(27)18-14-25-19-10-6-5-9-17(18)19/h2-14,23,25H,1H3/t23-/m1/s1. The second kappa shape index (κ2) is 8.91. The number of rotatable bonds is 7. The Hall–Kier alpha value is -4.31. The number of nitrogens with zero attached hydrogens (tertiary/aromatic N) is 1. The second-order valence-electron chi connectivity index (χ2n) is 7.52. The largest absolute Gasteiger partial charge is 0.445 e. The number of sulfone groups is 1. The predicted molar refractivity (Wildman–Crippen MR) is 123 cm³/mol. The van der Waals surface area contributed by atoms with Crippen LogP contribution >= 0.6 is 0 Å². The van der Waals surface area contributed by atoms with E-state index in [0.717, 1.165) is 30.0 Å². The topological polar surface area (TPSA) is 136 Å². The van der Waals surface area contributed by atoms with Crippen LogP contribution in [0.1, 0.15) is 32.4 Å². The van der Waals surface area contributed by atoms with Gasteiger partial charge in [-0.3, -0.25) is 14.9 Å². The molecule has 0 spiro atoms. The van der Waals surface area contributed by atoms with Crippen LogP contribution in [-0.4, -0.2) is 36.3 Å². The molecule has 0 aliphatic heterocycles. The van der Waals surface area contributed by atoms with Crippen LogP contribution in [0.15, 0.2) is 83.9 Å². The van der Waals surface area contributed by atoms with Crippen LogP contribution in [-0.2, 0) is 14.6 Å². The van der Waals surface area contributed by atoms with Gasteiger partial charge in [0, 0.05) is 40.5 Å². The van der Waals surface area contributed by atoms with E-state index < -0.39 is 43.2 Å². The Morgan fingerprint density at radius 2 is 1.68 bits per heavy atom. The van der Waals surface area contributed by atoms with Gasteiger partial charge in [-0.25, -0.2) is 13.2 Å². The Bertz CT molecular complexity index is 1530. The number of nitro benzene ring substituents is 1. The van der Waals surface area contributed by atoms with E-state index in [1.54, 1.807) is 48.5 Å². The lowest BCUT2D eigenvalue weighted by Crippen LogP contribution is -2.20. The highest BCUT2D eigenvalue weighted by atomic mass is 32.2. The van der Waals surface area contributed by atoms with Crippen molar-refractivity contribution >= 4 is 38.2 Å². The summed E-state index contributed by atoms with van der Waals surface area (Å²) >= 11 is 0. The fourth-order valence-corrected chi connectivity index (χ4v) is 4.42. The van der Waals surface area contributed by atoms with Crippen molar-refractivity contribution < 1.29 is 27.7 Å². The SMILES string of the molecule is CS(=O)(=O)c1ccc(C(=O)O[C@@H](C(=O)c2c[nH]c3ccccc23)c2ccccc2)cc1[N+](=O)[O-]. The molecule has 0 fully saturated rings. The van der Waals surface area contributed by atoms with Gasteiger partial charge in [0.15, 0.2) is 15.9 Å². The Kier molecular flexibility index (Phi) is 5.99. The molecule has 172 valence electrons. The molecule has 4 aromatic rings. The lowest BCUT2D eigenvalue weighted by atomic mass is 9.99. The molecule has 0 saturated heterocycles. The van der Waals surface area contributed by atoms with Crippen molar-refractivity contribution in [2.45, 2.75) is 11.0 Å². The number of ether oxygens (including phenoxy) is 1. The number of Topliss-reactive ketones (excluding diaryl/α,β-unsaturated/α-hetero) is 1. The summed E-state index contributed by atoms with van der Waals surface area (Å²) in [7, 11) is -3.90. The average molecular weight is 478 g/mol. The van der Waals surface area contributed by atoms with E-state index >= 15 is 0 Å². The van der Waals surface area contributed by atoms with Gasteiger partial charge >= 0.3 is 5.97 Å². The summed E-state index contributed by atoms with van der Waals surface area (Å²) in [6, 6.07) is 18.4. The molecule has 1 heterocycles. The number of H-pyrrole nitrogens is 1. The zero-order chi connectivity index (χ0) is 24.5. The van der Waals surface area contributed by atoms with Crippen LogP contribution in [0.4, 0.5) is 5.69 Å². The number of hydrogen-bond acceptors (Lipinski definition) is 7. The van der Waals surface area contributed by atoms with Crippen LogP contribution in [0.2, 0.25) is 0 Å². The quantitative estimate of drug-likeness (QED) is 0.181. The normalized spacial score (nSPS) is 12.3. The second-order valence-corrected chi connectivity index (χ2v) is 9.50. The number of benzene rings is 3. The van der Waals surface area contributed by atoms with Crippen LogP contribution in [0.5, 0.6) is 0 Å². The summed E-state index contributed by atoms with van der Waals surface area (Å²) in [5.74, 6) is -1.50. The van der Waals surface area contributed by atoms with E-state index in [1.807, 2.05) is 6.07 Å². The molecule has 0 aliphatic carbocycles. The number of nitrogens with one attached hydrogen (secondary N) is 1. The Labute approximate surface area is 194 Å². The van der Waals surface area contributed by atoms with Crippen molar-refractivity contribution in [1.29, 1.82) is 0 Å². The first-order chi connectivity index (χ1) is 16.2. The van der Waals surface area contributed by atoms with Gasteiger partial charge in [-0.05, 0) is 18.2 Å². The molecular weight excluding hydrogens is 460 g/mol. The lowest BCUT2D eigenvalue weighted by Gasteiger charge is -2.17. The molecule has 1 atom stereocenters. The molecule has 0 bridgehead atoms. The number of aromatic nitrogens is 1. The molecule has 9 nitrogen and oxygen atoms in total. The Morgan fingerprint density at radius 3 is 2.35 bits per heavy atom. The molecule has 0 aliphatic rings. The summed E-state index contributed by atoms with van der Waals surface area (Å²) in [4.78, 5) is 39.4. The highest BCUT2D eigenvalue weighted by Gasteiger charge is 2.30. The lowest BCUT2D eigenvalue weighted by molar-refractivity contribution is -0.387. The van der Waals surface area contributed by atoms with Gasteiger partial charge in [0.2, 0.25) is 5.78 Å². The molecule has 0 radical (unpaired) electrons. The zero-order valence-electron chi connectivity index (χ0n) is 17.8. The van der Waals surface area contributed by atoms with Gasteiger partial charge < -0.3 is 9.72 Å². The Balaban J connectivity index is 1.73. The third-order valence-corrected chi connectivity index (χ3v) is 6.36. The summed E-state index contributed by atoms with van der Waals surface area (Å²) in [6.45, 7) is 0. The van der Waals surface area contributed by atoms with E-state index in [4.69, 9.17) is 4.74 Å². The van der Waals surface area contributed by atoms with Gasteiger partial charge in [-0.1, -0.05) is 48.5 Å². The summed E-state index contributed by atoms with van der Waals surface area (Å²) in [5.41, 5.74) is 0.447. The van der Waals surface area contributed by atoms with Gasteiger partial charge in [-0.15, -0.1) is 0 Å². The average Bonchev–Trinajstić information content (AvgIpc) is 3.25. The van der Waals surface area contributed by atoms with Gasteiger partial charge in [0.25, 0.3) is 5.69 Å². The molecular formula is C24H18N2O7S. The van der Waals surface area contributed by atoms with E-state index in [-0.39, 0.29) is 5.56 Å². The molecule has 34 heavy (non-hydrogen) atoms. The predicted octanol–water partition coefficient (Wildman–Crippen LogP) is 4.26. The maximum absolute atomic E-state index is 13.5. The summed E-state index contributed by atoms with van der Waals surface area (Å²) in [6.07, 6.45) is 1.03. The highest BCUT2D eigenvalue weighted by Crippen LogP contribution is 2.30. The molecule has 4 rings (SSSR count). The third-order valence-electron chi connectivity index (χ3n) is 5.21. The molecule has 3 aromatic carbocycles. The van der Waals surface area contributed by atoms with Crippen LogP contribution in [0.25, 0.3) is 10.9 Å². The van der Waals surface area contributed by atoms with E-state index in [2.05, 4.69) is 4.98 Å². The van der Waals surface area contributed by atoms with Gasteiger partial charge in [-0.2, -0.15) is 0 Å². The summed E-state index contributed by atoms with van der Waals surface area (Å²) in [5, 5.41) is 12.1. The van der Waals surface area contributed by atoms with E-state index in [9.17, 15) is 28.1 Å². The van der Waals surface area contributed by atoms with E-state index in [1.165, 1.54) is 6.20 Å². The highest BCUT2D eigenvalue weighted by molar-refractivity contribution is 7.90. The van der Waals surface area contributed by atoms with Gasteiger partial charge in [0.1, 0.15) is 4.90 Å². The maximum Gasteiger partial charge on any atom is 0.339 e. The monoisotopic (exact) mass is 478 g/mol. The molecule has 0 saturated carbocycles. The van der Waals surface area contributed by atoms with Gasteiger partial charge in [0.05, 0.1) is 10.5 Å². The van der Waals surface area contributed by atoms with Crippen LogP contribution in [0.3, 0.4) is 0 Å². The molecule has 1 aromatic heterocycles. The number of nitro groups is 1. The number of aromatic amines is 1. The van der Waals surface area contributed by atoms with Crippen LogP contribution < -0.4 is 0 Å². The molecule has 10 heteroatoms. The number of esters is 1. The van der Waals surface area contributed by atoms with Crippen molar-refractivity contribution in [3.8, 4) is 0 Å². The summed E-state index contributed by atoms with van der Waals surface area (Å²) < 4.78 is 29.3. The molecule has 0 amide bonds. The maximum atomic E-state index is 13.5. The number of ketones is 1. The minimum atomic E-state index is -3.90. The van der Waals surface area contributed by atoms with Crippen LogP contribution in [0, 0.1) is 10.1 Å². The number of para-hydroxylation sites is 1. The number of fused-ring (bicyclic) bond motifs is 1. The minimum Gasteiger partial charge on any atom is -0.445 e. The number of hydrogen-bond donors (Lipinski definition) is 1. The molecule has 1 N–H and O–H groups in total. The van der Waals surface area contributed by atoms with Crippen molar-refractivity contribution in [1.82, 2.24) is 4.98 Å². The van der Waals surface area contributed by atoms with Crippen molar-refractivity contribution in [3.63, 3.8) is 0 Å². The zero-order valence-corrected chi connectivity index (χ0v) is 18.6. The fraction of sp³-hybridized carbons (Fsp3) is 0.0833. The minimum absolute atomic E-state index is 0.258. The number of carbonyl (C=O) groups is 2. The van der Waals surface area contributed by atoms with Crippen molar-refractivity contribution in [2.24, 2.45) is 0 Å². The Morgan fingerprint density at radius 1 is 1.00 bits per heavy atom. The number of carbonyl (C=O) groups excluding carboxylic acids is 2. The van der Waals surface area contributed by atoms with Crippen molar-refractivity contribution in [2.75, 3.05) is 6.26 Å². The fourth-order valence-electron chi connectivity index (χ4n) is 3.59. The smallest absolute Gasteiger partial charge is 0.339 e. The third kappa shape index (κ3) is 4.44. The van der Waals surface area contributed by atoms with E-state index in [0.29, 0.717) is 16.5 Å². The first kappa shape index (κ1) is 22.9. The first-order valence-electron chi connectivity index (χ1n) is 10.0. The van der Waals surface area contributed by atoms with Crippen molar-refractivity contribution in [3.05, 3.63) is 106 Å².